The summed E-state index contributed by atoms with van der Waals surface area (Å²) in [7, 11) is 0. The molecular weight excluding hydrogens is 342 g/mol. The standard InChI is InChI=1S/C21H21N3O3/c25-20(22-14-17-5-4-8-19-21(17)27-12-11-26-19)10-9-16-13-23-24(15-16)18-6-2-1-3-7-18/h1-8,13,15H,9-12,14H2,(H,22,25). The first-order chi connectivity index (χ1) is 13.3. The second kappa shape index (κ2) is 7.95. The molecule has 0 saturated carbocycles. The molecular formula is C21H21N3O3. The van der Waals surface area contributed by atoms with Crippen molar-refractivity contribution in [2.24, 2.45) is 0 Å². The van der Waals surface area contributed by atoms with Crippen LogP contribution in [0.5, 0.6) is 11.5 Å². The lowest BCUT2D eigenvalue weighted by Gasteiger charge is -2.21. The minimum Gasteiger partial charge on any atom is -0.486 e. The van der Waals surface area contributed by atoms with Crippen LogP contribution in [0.4, 0.5) is 0 Å². The predicted molar refractivity (Wildman–Crippen MR) is 101 cm³/mol. The van der Waals surface area contributed by atoms with Crippen molar-refractivity contribution in [2.75, 3.05) is 13.2 Å². The molecule has 0 unspecified atom stereocenters. The van der Waals surface area contributed by atoms with Crippen molar-refractivity contribution >= 4 is 5.91 Å². The summed E-state index contributed by atoms with van der Waals surface area (Å²) in [6.07, 6.45) is 4.82. The second-order valence-corrected chi connectivity index (χ2v) is 6.35. The minimum atomic E-state index is -0.00297. The van der Waals surface area contributed by atoms with Crippen LogP contribution in [0, 0.1) is 0 Å². The van der Waals surface area contributed by atoms with Gasteiger partial charge in [-0.1, -0.05) is 30.3 Å². The van der Waals surface area contributed by atoms with Gasteiger partial charge in [-0.15, -0.1) is 0 Å². The van der Waals surface area contributed by atoms with Crippen molar-refractivity contribution in [3.63, 3.8) is 0 Å². The third-order valence-corrected chi connectivity index (χ3v) is 4.42. The molecule has 1 amide bonds. The third-order valence-electron chi connectivity index (χ3n) is 4.42. The van der Waals surface area contributed by atoms with Crippen molar-refractivity contribution in [2.45, 2.75) is 19.4 Å². The first-order valence-corrected chi connectivity index (χ1v) is 9.03. The molecule has 1 aromatic heterocycles. The van der Waals surface area contributed by atoms with E-state index in [1.807, 2.05) is 59.4 Å². The zero-order valence-corrected chi connectivity index (χ0v) is 14.9. The fraction of sp³-hybridized carbons (Fsp3) is 0.238. The highest BCUT2D eigenvalue weighted by atomic mass is 16.6. The first kappa shape index (κ1) is 17.1. The minimum absolute atomic E-state index is 0.00297. The number of aryl methyl sites for hydroxylation is 1. The zero-order valence-electron chi connectivity index (χ0n) is 14.9. The molecule has 0 saturated heterocycles. The van der Waals surface area contributed by atoms with Gasteiger partial charge < -0.3 is 14.8 Å². The highest BCUT2D eigenvalue weighted by Crippen LogP contribution is 2.33. The lowest BCUT2D eigenvalue weighted by Crippen LogP contribution is -2.24. The summed E-state index contributed by atoms with van der Waals surface area (Å²) in [5, 5.41) is 7.32. The summed E-state index contributed by atoms with van der Waals surface area (Å²) in [6.45, 7) is 1.51. The number of nitrogens with zero attached hydrogens (tertiary/aromatic N) is 2. The van der Waals surface area contributed by atoms with Gasteiger partial charge in [0.25, 0.3) is 0 Å². The number of amides is 1. The monoisotopic (exact) mass is 363 g/mol. The molecule has 4 rings (SSSR count). The molecule has 6 heteroatoms. The number of fused-ring (bicyclic) bond motifs is 1. The molecule has 0 bridgehead atoms. The Morgan fingerprint density at radius 3 is 2.81 bits per heavy atom. The van der Waals surface area contributed by atoms with Crippen molar-refractivity contribution in [1.82, 2.24) is 15.1 Å². The number of rotatable bonds is 6. The van der Waals surface area contributed by atoms with Gasteiger partial charge in [0, 0.05) is 24.7 Å². The SMILES string of the molecule is O=C(CCc1cnn(-c2ccccc2)c1)NCc1cccc2c1OCCO2. The maximum Gasteiger partial charge on any atom is 0.220 e. The van der Waals surface area contributed by atoms with Crippen LogP contribution in [0.15, 0.2) is 60.9 Å². The van der Waals surface area contributed by atoms with E-state index >= 15 is 0 Å². The maximum atomic E-state index is 12.2. The van der Waals surface area contributed by atoms with Crippen LogP contribution in [0.2, 0.25) is 0 Å². The smallest absolute Gasteiger partial charge is 0.220 e. The van der Waals surface area contributed by atoms with Crippen molar-refractivity contribution in [3.8, 4) is 17.2 Å². The number of hydrogen-bond donors (Lipinski definition) is 1. The summed E-state index contributed by atoms with van der Waals surface area (Å²) in [5.74, 6) is 1.46. The fourth-order valence-electron chi connectivity index (χ4n) is 3.02. The van der Waals surface area contributed by atoms with Gasteiger partial charge in [0.1, 0.15) is 13.2 Å². The number of hydrogen-bond acceptors (Lipinski definition) is 4. The van der Waals surface area contributed by atoms with Crippen LogP contribution < -0.4 is 14.8 Å². The summed E-state index contributed by atoms with van der Waals surface area (Å²) in [5.41, 5.74) is 2.96. The van der Waals surface area contributed by atoms with Gasteiger partial charge in [-0.05, 0) is 30.2 Å². The molecule has 0 radical (unpaired) electrons. The Hall–Kier alpha value is -3.28. The molecule has 2 heterocycles. The quantitative estimate of drug-likeness (QED) is 0.731. The van der Waals surface area contributed by atoms with E-state index < -0.39 is 0 Å². The van der Waals surface area contributed by atoms with E-state index in [9.17, 15) is 4.79 Å². The highest BCUT2D eigenvalue weighted by molar-refractivity contribution is 5.76. The lowest BCUT2D eigenvalue weighted by atomic mass is 10.1. The summed E-state index contributed by atoms with van der Waals surface area (Å²) in [4.78, 5) is 12.2. The van der Waals surface area contributed by atoms with Gasteiger partial charge in [0.15, 0.2) is 11.5 Å². The number of benzene rings is 2. The Balaban J connectivity index is 1.30. The number of aromatic nitrogens is 2. The van der Waals surface area contributed by atoms with E-state index in [1.165, 1.54) is 0 Å². The van der Waals surface area contributed by atoms with Gasteiger partial charge in [0.05, 0.1) is 11.9 Å². The van der Waals surface area contributed by atoms with E-state index in [0.717, 1.165) is 28.3 Å². The topological polar surface area (TPSA) is 65.4 Å². The van der Waals surface area contributed by atoms with E-state index in [1.54, 1.807) is 6.20 Å². The van der Waals surface area contributed by atoms with E-state index in [-0.39, 0.29) is 5.91 Å². The Bertz CT molecular complexity index is 921. The fourth-order valence-corrected chi connectivity index (χ4v) is 3.02. The molecule has 2 aromatic carbocycles. The molecule has 1 aliphatic rings. The molecule has 1 N–H and O–H groups in total. The zero-order chi connectivity index (χ0) is 18.5. The normalized spacial score (nSPS) is 12.6. The average Bonchev–Trinajstić information content (AvgIpc) is 3.20. The summed E-state index contributed by atoms with van der Waals surface area (Å²) in [6, 6.07) is 15.6. The van der Waals surface area contributed by atoms with Crippen LogP contribution in [-0.2, 0) is 17.8 Å². The van der Waals surface area contributed by atoms with Crippen molar-refractivity contribution in [3.05, 3.63) is 72.1 Å². The molecule has 6 nitrogen and oxygen atoms in total. The summed E-state index contributed by atoms with van der Waals surface area (Å²) < 4.78 is 13.1. The second-order valence-electron chi connectivity index (χ2n) is 6.35. The van der Waals surface area contributed by atoms with Gasteiger partial charge in [-0.25, -0.2) is 4.68 Å². The highest BCUT2D eigenvalue weighted by Gasteiger charge is 2.15. The molecule has 1 aliphatic heterocycles. The number of para-hydroxylation sites is 2. The van der Waals surface area contributed by atoms with Gasteiger partial charge in [-0.2, -0.15) is 5.10 Å². The number of carbonyl (C=O) groups excluding carboxylic acids is 1. The van der Waals surface area contributed by atoms with Crippen LogP contribution >= 0.6 is 0 Å². The Morgan fingerprint density at radius 1 is 1.07 bits per heavy atom. The van der Waals surface area contributed by atoms with Gasteiger partial charge >= 0.3 is 0 Å². The molecule has 0 aliphatic carbocycles. The predicted octanol–water partition coefficient (Wildman–Crippen LogP) is 2.89. The van der Waals surface area contributed by atoms with E-state index in [2.05, 4.69) is 10.4 Å². The average molecular weight is 363 g/mol. The number of carbonyl (C=O) groups is 1. The van der Waals surface area contributed by atoms with Crippen LogP contribution in [-0.4, -0.2) is 28.9 Å². The number of nitrogens with one attached hydrogen (secondary N) is 1. The largest absolute Gasteiger partial charge is 0.486 e. The van der Waals surface area contributed by atoms with Gasteiger partial charge in [-0.3, -0.25) is 4.79 Å². The van der Waals surface area contributed by atoms with Crippen molar-refractivity contribution in [1.29, 1.82) is 0 Å². The Labute approximate surface area is 157 Å². The Morgan fingerprint density at radius 2 is 1.93 bits per heavy atom. The summed E-state index contributed by atoms with van der Waals surface area (Å²) >= 11 is 0. The third kappa shape index (κ3) is 4.11. The lowest BCUT2D eigenvalue weighted by molar-refractivity contribution is -0.121. The van der Waals surface area contributed by atoms with Gasteiger partial charge in [0.2, 0.25) is 5.91 Å². The van der Waals surface area contributed by atoms with E-state index in [4.69, 9.17) is 9.47 Å². The number of ether oxygens (including phenoxy) is 2. The molecule has 0 fully saturated rings. The van der Waals surface area contributed by atoms with Crippen LogP contribution in [0.25, 0.3) is 5.69 Å². The molecule has 3 aromatic rings. The van der Waals surface area contributed by atoms with E-state index in [0.29, 0.717) is 32.6 Å². The Kier molecular flexibility index (Phi) is 5.05. The molecule has 0 spiro atoms. The van der Waals surface area contributed by atoms with Crippen LogP contribution in [0.3, 0.4) is 0 Å². The van der Waals surface area contributed by atoms with Crippen LogP contribution in [0.1, 0.15) is 17.5 Å². The van der Waals surface area contributed by atoms with Crippen molar-refractivity contribution < 1.29 is 14.3 Å². The molecule has 0 atom stereocenters. The first-order valence-electron chi connectivity index (χ1n) is 9.03. The maximum absolute atomic E-state index is 12.2. The molecule has 27 heavy (non-hydrogen) atoms. The molecule has 138 valence electrons.